The van der Waals surface area contributed by atoms with Gasteiger partial charge in [0.25, 0.3) is 0 Å². The van der Waals surface area contributed by atoms with Crippen molar-refractivity contribution in [3.63, 3.8) is 0 Å². The Hall–Kier alpha value is -2.66. The molecule has 0 saturated carbocycles. The minimum Gasteiger partial charge on any atom is -0.481 e. The number of hydrogen-bond donors (Lipinski definition) is 1. The van der Waals surface area contributed by atoms with Gasteiger partial charge in [0.05, 0.1) is 13.8 Å². The van der Waals surface area contributed by atoms with Crippen molar-refractivity contribution in [2.45, 2.75) is 0 Å². The van der Waals surface area contributed by atoms with Gasteiger partial charge in [-0.1, -0.05) is 18.2 Å². The van der Waals surface area contributed by atoms with Crippen molar-refractivity contribution in [2.24, 2.45) is 0 Å². The standard InChI is InChI=1S/C18H18N4O/c1-23-16-6-5-14(11-21-16)15-4-2-3-13-7-8-20-18(17(13)15)22-10-9-19-12-22/h2-8,11,19H,9-10,12H2,1H3. The highest BCUT2D eigenvalue weighted by Gasteiger charge is 2.18. The zero-order valence-electron chi connectivity index (χ0n) is 13.0. The first-order valence-electron chi connectivity index (χ1n) is 7.70. The normalized spacial score (nSPS) is 14.4. The fourth-order valence-electron chi connectivity index (χ4n) is 3.04. The second kappa shape index (κ2) is 5.85. The molecule has 0 bridgehead atoms. The van der Waals surface area contributed by atoms with Gasteiger partial charge >= 0.3 is 0 Å². The van der Waals surface area contributed by atoms with Gasteiger partial charge in [-0.2, -0.15) is 0 Å². The van der Waals surface area contributed by atoms with E-state index in [2.05, 4.69) is 44.5 Å². The second-order valence-corrected chi connectivity index (χ2v) is 5.55. The predicted octanol–water partition coefficient (Wildman–Crippen LogP) is 2.67. The summed E-state index contributed by atoms with van der Waals surface area (Å²) < 4.78 is 5.16. The summed E-state index contributed by atoms with van der Waals surface area (Å²) in [4.78, 5) is 11.3. The molecule has 3 aromatic rings. The van der Waals surface area contributed by atoms with Crippen molar-refractivity contribution in [3.8, 4) is 17.0 Å². The summed E-state index contributed by atoms with van der Waals surface area (Å²) in [5.41, 5.74) is 2.21. The molecule has 1 fully saturated rings. The molecule has 1 aliphatic rings. The van der Waals surface area contributed by atoms with Gasteiger partial charge in [0.15, 0.2) is 0 Å². The summed E-state index contributed by atoms with van der Waals surface area (Å²) in [6.45, 7) is 2.80. The fourth-order valence-corrected chi connectivity index (χ4v) is 3.04. The fraction of sp³-hybridized carbons (Fsp3) is 0.222. The van der Waals surface area contributed by atoms with Crippen LogP contribution in [0.1, 0.15) is 0 Å². The Balaban J connectivity index is 1.91. The van der Waals surface area contributed by atoms with Crippen LogP contribution in [0, 0.1) is 0 Å². The number of nitrogens with one attached hydrogen (secondary N) is 1. The third kappa shape index (κ3) is 2.49. The number of rotatable bonds is 3. The van der Waals surface area contributed by atoms with E-state index in [-0.39, 0.29) is 0 Å². The molecule has 5 heteroatoms. The molecule has 23 heavy (non-hydrogen) atoms. The number of nitrogens with zero attached hydrogens (tertiary/aromatic N) is 3. The monoisotopic (exact) mass is 306 g/mol. The van der Waals surface area contributed by atoms with Crippen LogP contribution in [0.25, 0.3) is 21.9 Å². The highest BCUT2D eigenvalue weighted by Crippen LogP contribution is 2.34. The van der Waals surface area contributed by atoms with Crippen LogP contribution in [0.2, 0.25) is 0 Å². The molecule has 0 atom stereocenters. The lowest BCUT2D eigenvalue weighted by Crippen LogP contribution is -2.22. The van der Waals surface area contributed by atoms with E-state index in [4.69, 9.17) is 4.74 Å². The topological polar surface area (TPSA) is 50.3 Å². The van der Waals surface area contributed by atoms with Crippen LogP contribution in [0.15, 0.2) is 48.8 Å². The molecular formula is C18H18N4O. The zero-order valence-corrected chi connectivity index (χ0v) is 13.0. The maximum absolute atomic E-state index is 5.16. The average Bonchev–Trinajstić information content (AvgIpc) is 3.15. The van der Waals surface area contributed by atoms with Gasteiger partial charge < -0.3 is 9.64 Å². The molecule has 1 aliphatic heterocycles. The van der Waals surface area contributed by atoms with Crippen molar-refractivity contribution >= 4 is 16.6 Å². The lowest BCUT2D eigenvalue weighted by atomic mass is 10.00. The molecule has 116 valence electrons. The SMILES string of the molecule is COc1ccc(-c2cccc3ccnc(N4CCNC4)c23)cn1. The summed E-state index contributed by atoms with van der Waals surface area (Å²) in [5.74, 6) is 1.65. The highest BCUT2D eigenvalue weighted by molar-refractivity contribution is 6.03. The lowest BCUT2D eigenvalue weighted by molar-refractivity contribution is 0.398. The van der Waals surface area contributed by atoms with Crippen LogP contribution < -0.4 is 15.0 Å². The number of aromatic nitrogens is 2. The Bertz CT molecular complexity index is 821. The number of ether oxygens (including phenoxy) is 1. The Morgan fingerprint density at radius 1 is 1.13 bits per heavy atom. The lowest BCUT2D eigenvalue weighted by Gasteiger charge is -2.19. The Kier molecular flexibility index (Phi) is 3.55. The zero-order chi connectivity index (χ0) is 15.6. The Morgan fingerprint density at radius 2 is 2.09 bits per heavy atom. The number of methoxy groups -OCH3 is 1. The molecule has 0 radical (unpaired) electrons. The van der Waals surface area contributed by atoms with E-state index in [1.54, 1.807) is 7.11 Å². The van der Waals surface area contributed by atoms with Crippen LogP contribution in [0.5, 0.6) is 5.88 Å². The molecule has 5 nitrogen and oxygen atoms in total. The number of pyridine rings is 2. The Morgan fingerprint density at radius 3 is 2.83 bits per heavy atom. The number of anilines is 1. The molecule has 1 N–H and O–H groups in total. The van der Waals surface area contributed by atoms with E-state index >= 15 is 0 Å². The van der Waals surface area contributed by atoms with E-state index in [1.807, 2.05) is 24.5 Å². The van der Waals surface area contributed by atoms with E-state index in [9.17, 15) is 0 Å². The molecule has 0 unspecified atom stereocenters. The summed E-state index contributed by atoms with van der Waals surface area (Å²) in [6, 6.07) is 12.3. The maximum Gasteiger partial charge on any atom is 0.212 e. The smallest absolute Gasteiger partial charge is 0.212 e. The molecule has 1 saturated heterocycles. The molecule has 0 spiro atoms. The van der Waals surface area contributed by atoms with E-state index in [0.29, 0.717) is 5.88 Å². The van der Waals surface area contributed by atoms with Crippen molar-refractivity contribution in [3.05, 3.63) is 48.8 Å². The van der Waals surface area contributed by atoms with Crippen LogP contribution in [-0.2, 0) is 0 Å². The summed E-state index contributed by atoms with van der Waals surface area (Å²) in [5, 5.41) is 5.73. The van der Waals surface area contributed by atoms with Gasteiger partial charge in [-0.3, -0.25) is 5.32 Å². The van der Waals surface area contributed by atoms with Crippen LogP contribution >= 0.6 is 0 Å². The molecular weight excluding hydrogens is 288 g/mol. The van der Waals surface area contributed by atoms with E-state index in [1.165, 1.54) is 10.8 Å². The predicted molar refractivity (Wildman–Crippen MR) is 91.7 cm³/mol. The minimum atomic E-state index is 0.621. The first kappa shape index (κ1) is 14.0. The summed E-state index contributed by atoms with van der Waals surface area (Å²) in [6.07, 6.45) is 3.73. The number of benzene rings is 1. The van der Waals surface area contributed by atoms with Gasteiger partial charge in [-0.25, -0.2) is 9.97 Å². The van der Waals surface area contributed by atoms with Crippen molar-refractivity contribution in [1.29, 1.82) is 0 Å². The average molecular weight is 306 g/mol. The molecule has 2 aromatic heterocycles. The largest absolute Gasteiger partial charge is 0.481 e. The Labute approximate surface area is 134 Å². The van der Waals surface area contributed by atoms with Gasteiger partial charge in [-0.15, -0.1) is 0 Å². The third-order valence-electron chi connectivity index (χ3n) is 4.19. The molecule has 4 rings (SSSR count). The van der Waals surface area contributed by atoms with Gasteiger partial charge in [0.1, 0.15) is 5.82 Å². The number of fused-ring (bicyclic) bond motifs is 1. The van der Waals surface area contributed by atoms with Crippen LogP contribution in [0.3, 0.4) is 0 Å². The van der Waals surface area contributed by atoms with Crippen LogP contribution in [-0.4, -0.2) is 36.8 Å². The van der Waals surface area contributed by atoms with E-state index < -0.39 is 0 Å². The van der Waals surface area contributed by atoms with Gasteiger partial charge in [0, 0.05) is 42.5 Å². The maximum atomic E-state index is 5.16. The quantitative estimate of drug-likeness (QED) is 0.806. The van der Waals surface area contributed by atoms with Crippen molar-refractivity contribution in [1.82, 2.24) is 15.3 Å². The summed E-state index contributed by atoms with van der Waals surface area (Å²) in [7, 11) is 1.63. The first-order valence-corrected chi connectivity index (χ1v) is 7.70. The van der Waals surface area contributed by atoms with Gasteiger partial charge in [0.2, 0.25) is 5.88 Å². The molecule has 3 heterocycles. The first-order chi connectivity index (χ1) is 11.4. The minimum absolute atomic E-state index is 0.621. The summed E-state index contributed by atoms with van der Waals surface area (Å²) >= 11 is 0. The highest BCUT2D eigenvalue weighted by atomic mass is 16.5. The number of hydrogen-bond acceptors (Lipinski definition) is 5. The van der Waals surface area contributed by atoms with Crippen molar-refractivity contribution < 1.29 is 4.74 Å². The van der Waals surface area contributed by atoms with E-state index in [0.717, 1.165) is 36.7 Å². The van der Waals surface area contributed by atoms with Gasteiger partial charge in [-0.05, 0) is 23.1 Å². The van der Waals surface area contributed by atoms with Crippen LogP contribution in [0.4, 0.5) is 5.82 Å². The molecule has 0 aliphatic carbocycles. The molecule has 0 amide bonds. The molecule has 1 aromatic carbocycles. The third-order valence-corrected chi connectivity index (χ3v) is 4.19. The van der Waals surface area contributed by atoms with Crippen molar-refractivity contribution in [2.75, 3.05) is 31.8 Å². The second-order valence-electron chi connectivity index (χ2n) is 5.55.